The van der Waals surface area contributed by atoms with E-state index >= 15 is 0 Å². The van der Waals surface area contributed by atoms with Gasteiger partial charge in [-0.25, -0.2) is 0 Å². The van der Waals surface area contributed by atoms with Crippen molar-refractivity contribution in [3.8, 4) is 11.6 Å². The van der Waals surface area contributed by atoms with E-state index in [1.165, 1.54) is 11.8 Å². The molecule has 0 aromatic carbocycles. The Kier molecular flexibility index (Phi) is 5.93. The van der Waals surface area contributed by atoms with E-state index in [0.717, 1.165) is 23.6 Å². The number of anilines is 1. The molecule has 3 rings (SSSR count). The number of thioether (sulfide) groups is 1. The van der Waals surface area contributed by atoms with Gasteiger partial charge >= 0.3 is 0 Å². The SMILES string of the molecule is Cc1nn(C)c(C)c1NC(=O)C(C)Sc1nnc(-c2ccco2)n1CC(C)C. The molecular formula is C19H26N6O2S. The van der Waals surface area contributed by atoms with Crippen LogP contribution in [0.4, 0.5) is 5.69 Å². The Morgan fingerprint density at radius 2 is 2.04 bits per heavy atom. The zero-order valence-corrected chi connectivity index (χ0v) is 17.9. The first-order valence-electron chi connectivity index (χ1n) is 9.22. The minimum Gasteiger partial charge on any atom is -0.461 e. The number of carbonyl (C=O) groups excluding carboxylic acids is 1. The molecular weight excluding hydrogens is 376 g/mol. The second kappa shape index (κ2) is 8.22. The van der Waals surface area contributed by atoms with Crippen molar-refractivity contribution in [2.45, 2.75) is 51.6 Å². The van der Waals surface area contributed by atoms with Crippen LogP contribution in [-0.2, 0) is 18.4 Å². The highest BCUT2D eigenvalue weighted by Gasteiger charge is 2.23. The van der Waals surface area contributed by atoms with Crippen LogP contribution in [0.5, 0.6) is 0 Å². The van der Waals surface area contributed by atoms with Crippen molar-refractivity contribution in [3.63, 3.8) is 0 Å². The van der Waals surface area contributed by atoms with E-state index in [1.807, 2.05) is 44.5 Å². The maximum Gasteiger partial charge on any atom is 0.237 e. The molecule has 3 aromatic rings. The predicted molar refractivity (Wildman–Crippen MR) is 109 cm³/mol. The molecule has 3 heterocycles. The maximum atomic E-state index is 12.8. The van der Waals surface area contributed by atoms with Crippen molar-refractivity contribution in [2.24, 2.45) is 13.0 Å². The summed E-state index contributed by atoms with van der Waals surface area (Å²) in [7, 11) is 1.86. The Hall–Kier alpha value is -2.55. The van der Waals surface area contributed by atoms with E-state index in [9.17, 15) is 4.79 Å². The van der Waals surface area contributed by atoms with Crippen molar-refractivity contribution in [1.29, 1.82) is 0 Å². The number of amides is 1. The summed E-state index contributed by atoms with van der Waals surface area (Å²) in [6, 6.07) is 3.69. The highest BCUT2D eigenvalue weighted by molar-refractivity contribution is 8.00. The molecule has 0 radical (unpaired) electrons. The molecule has 3 aromatic heterocycles. The van der Waals surface area contributed by atoms with Crippen LogP contribution >= 0.6 is 11.8 Å². The normalized spacial score (nSPS) is 12.5. The second-order valence-corrected chi connectivity index (χ2v) is 8.51. The molecule has 28 heavy (non-hydrogen) atoms. The lowest BCUT2D eigenvalue weighted by atomic mass is 10.2. The molecule has 8 nitrogen and oxygen atoms in total. The fourth-order valence-electron chi connectivity index (χ4n) is 2.88. The lowest BCUT2D eigenvalue weighted by Gasteiger charge is -2.15. The standard InChI is InChI=1S/C19H26N6O2S/c1-11(2)10-25-17(15-8-7-9-27-15)21-22-19(25)28-14(5)18(26)20-16-12(3)23-24(6)13(16)4/h7-9,11,14H,10H2,1-6H3,(H,20,26). The van der Waals surface area contributed by atoms with E-state index in [2.05, 4.69) is 34.5 Å². The van der Waals surface area contributed by atoms with E-state index in [0.29, 0.717) is 22.7 Å². The third-order valence-corrected chi connectivity index (χ3v) is 5.50. The quantitative estimate of drug-likeness (QED) is 0.607. The Morgan fingerprint density at radius 1 is 1.29 bits per heavy atom. The molecule has 1 atom stereocenters. The number of hydrogen-bond donors (Lipinski definition) is 1. The highest BCUT2D eigenvalue weighted by atomic mass is 32.2. The molecule has 0 aliphatic carbocycles. The summed E-state index contributed by atoms with van der Waals surface area (Å²) in [6.07, 6.45) is 1.62. The molecule has 150 valence electrons. The first kappa shape index (κ1) is 20.2. The van der Waals surface area contributed by atoms with Crippen molar-refractivity contribution in [1.82, 2.24) is 24.5 Å². The summed E-state index contributed by atoms with van der Waals surface area (Å²) in [4.78, 5) is 12.8. The van der Waals surface area contributed by atoms with Crippen molar-refractivity contribution in [2.75, 3.05) is 5.32 Å². The van der Waals surface area contributed by atoms with Gasteiger partial charge < -0.3 is 9.73 Å². The maximum absolute atomic E-state index is 12.8. The molecule has 1 amide bonds. The largest absolute Gasteiger partial charge is 0.461 e. The van der Waals surface area contributed by atoms with Crippen LogP contribution in [-0.4, -0.2) is 35.7 Å². The Balaban J connectivity index is 1.79. The van der Waals surface area contributed by atoms with Gasteiger partial charge in [-0.1, -0.05) is 25.6 Å². The molecule has 0 saturated heterocycles. The number of nitrogens with zero attached hydrogens (tertiary/aromatic N) is 5. The Labute approximate surface area is 168 Å². The van der Waals surface area contributed by atoms with Crippen LogP contribution in [0.1, 0.15) is 32.2 Å². The smallest absolute Gasteiger partial charge is 0.237 e. The third kappa shape index (κ3) is 4.14. The molecule has 0 bridgehead atoms. The van der Waals surface area contributed by atoms with Crippen LogP contribution < -0.4 is 5.32 Å². The van der Waals surface area contributed by atoms with Crippen LogP contribution in [0.3, 0.4) is 0 Å². The highest BCUT2D eigenvalue weighted by Crippen LogP contribution is 2.29. The average molecular weight is 403 g/mol. The van der Waals surface area contributed by atoms with E-state index < -0.39 is 0 Å². The fourth-order valence-corrected chi connectivity index (χ4v) is 3.74. The van der Waals surface area contributed by atoms with Gasteiger partial charge in [0.25, 0.3) is 0 Å². The second-order valence-electron chi connectivity index (χ2n) is 7.21. The molecule has 0 saturated carbocycles. The number of hydrogen-bond acceptors (Lipinski definition) is 6. The fraction of sp³-hybridized carbons (Fsp3) is 0.474. The molecule has 1 N–H and O–H groups in total. The zero-order chi connectivity index (χ0) is 20.4. The van der Waals surface area contributed by atoms with E-state index in [-0.39, 0.29) is 11.2 Å². The van der Waals surface area contributed by atoms with Gasteiger partial charge in [-0.05, 0) is 38.8 Å². The number of nitrogens with one attached hydrogen (secondary N) is 1. The van der Waals surface area contributed by atoms with Crippen molar-refractivity contribution in [3.05, 3.63) is 29.8 Å². The number of aromatic nitrogens is 5. The van der Waals surface area contributed by atoms with Gasteiger partial charge in [-0.15, -0.1) is 10.2 Å². The first-order chi connectivity index (χ1) is 13.3. The summed E-state index contributed by atoms with van der Waals surface area (Å²) < 4.78 is 9.27. The monoisotopic (exact) mass is 402 g/mol. The summed E-state index contributed by atoms with van der Waals surface area (Å²) in [6.45, 7) is 10.7. The number of rotatable bonds is 7. The van der Waals surface area contributed by atoms with Gasteiger partial charge in [0.2, 0.25) is 5.91 Å². The molecule has 0 aliphatic heterocycles. The molecule has 1 unspecified atom stereocenters. The van der Waals surface area contributed by atoms with Gasteiger partial charge in [0, 0.05) is 13.6 Å². The van der Waals surface area contributed by atoms with Crippen LogP contribution in [0.25, 0.3) is 11.6 Å². The number of furan rings is 1. The molecule has 9 heteroatoms. The lowest BCUT2D eigenvalue weighted by Crippen LogP contribution is -2.23. The minimum atomic E-state index is -0.349. The molecule has 0 aliphatic rings. The number of carbonyl (C=O) groups is 1. The van der Waals surface area contributed by atoms with Crippen LogP contribution in [0.2, 0.25) is 0 Å². The predicted octanol–water partition coefficient (Wildman–Crippen LogP) is 3.66. The topological polar surface area (TPSA) is 90.8 Å². The minimum absolute atomic E-state index is 0.0946. The zero-order valence-electron chi connectivity index (χ0n) is 17.1. The van der Waals surface area contributed by atoms with Gasteiger partial charge in [0.05, 0.1) is 28.6 Å². The third-order valence-electron chi connectivity index (χ3n) is 4.41. The van der Waals surface area contributed by atoms with Gasteiger partial charge in [-0.3, -0.25) is 14.0 Å². The van der Waals surface area contributed by atoms with E-state index in [4.69, 9.17) is 4.42 Å². The molecule has 0 spiro atoms. The van der Waals surface area contributed by atoms with Gasteiger partial charge in [-0.2, -0.15) is 5.10 Å². The molecule has 0 fully saturated rings. The Bertz CT molecular complexity index is 958. The van der Waals surface area contributed by atoms with Crippen molar-refractivity contribution >= 4 is 23.4 Å². The van der Waals surface area contributed by atoms with Crippen LogP contribution in [0, 0.1) is 19.8 Å². The lowest BCUT2D eigenvalue weighted by molar-refractivity contribution is -0.115. The summed E-state index contributed by atoms with van der Waals surface area (Å²) in [5.41, 5.74) is 2.49. The Morgan fingerprint density at radius 3 is 2.61 bits per heavy atom. The first-order valence-corrected chi connectivity index (χ1v) is 10.1. The van der Waals surface area contributed by atoms with Crippen LogP contribution in [0.15, 0.2) is 28.0 Å². The number of aryl methyl sites for hydroxylation is 2. The van der Waals surface area contributed by atoms with Gasteiger partial charge in [0.1, 0.15) is 0 Å². The van der Waals surface area contributed by atoms with Crippen molar-refractivity contribution < 1.29 is 9.21 Å². The summed E-state index contributed by atoms with van der Waals surface area (Å²) in [5.74, 6) is 1.64. The summed E-state index contributed by atoms with van der Waals surface area (Å²) >= 11 is 1.38. The van der Waals surface area contributed by atoms with Gasteiger partial charge in [0.15, 0.2) is 16.7 Å². The average Bonchev–Trinajstić information content (AvgIpc) is 3.33. The summed E-state index contributed by atoms with van der Waals surface area (Å²) in [5, 5.41) is 16.3. The van der Waals surface area contributed by atoms with E-state index in [1.54, 1.807) is 10.9 Å².